The van der Waals surface area contributed by atoms with Crippen LogP contribution < -0.4 is 11.1 Å². The number of benzene rings is 2. The highest BCUT2D eigenvalue weighted by Crippen LogP contribution is 2.20. The maximum Gasteiger partial charge on any atom is 0.0347 e. The Morgan fingerprint density at radius 1 is 1.12 bits per heavy atom. The molecule has 0 aliphatic rings. The first-order valence-corrected chi connectivity index (χ1v) is 5.65. The third kappa shape index (κ3) is 2.52. The summed E-state index contributed by atoms with van der Waals surface area (Å²) in [6.45, 7) is 4.91. The van der Waals surface area contributed by atoms with E-state index >= 15 is 0 Å². The van der Waals surface area contributed by atoms with Crippen molar-refractivity contribution in [2.75, 3.05) is 11.9 Å². The van der Waals surface area contributed by atoms with Gasteiger partial charge in [-0.05, 0) is 36.8 Å². The van der Waals surface area contributed by atoms with Gasteiger partial charge in [0.15, 0.2) is 0 Å². The average molecular weight is 214 g/mol. The minimum Gasteiger partial charge on any atom is -0.383 e. The van der Waals surface area contributed by atoms with E-state index in [-0.39, 0.29) is 6.04 Å². The number of hydrogen-bond acceptors (Lipinski definition) is 2. The Hall–Kier alpha value is -1.54. The third-order valence-corrected chi connectivity index (χ3v) is 2.62. The summed E-state index contributed by atoms with van der Waals surface area (Å²) in [7, 11) is 0. The molecule has 0 aromatic heterocycles. The molecule has 16 heavy (non-hydrogen) atoms. The Kier molecular flexibility index (Phi) is 3.11. The molecule has 0 radical (unpaired) electrons. The first-order chi connectivity index (χ1) is 7.65. The molecule has 2 rings (SSSR count). The van der Waals surface area contributed by atoms with Gasteiger partial charge in [0.25, 0.3) is 0 Å². The molecule has 84 valence electrons. The SMILES string of the molecule is Cc1ccc2cc(NCC(C)N)ccc2c1. The largest absolute Gasteiger partial charge is 0.383 e. The summed E-state index contributed by atoms with van der Waals surface area (Å²) in [4.78, 5) is 0. The molecule has 2 aromatic rings. The maximum absolute atomic E-state index is 5.71. The van der Waals surface area contributed by atoms with Gasteiger partial charge >= 0.3 is 0 Å². The van der Waals surface area contributed by atoms with E-state index in [1.807, 2.05) is 6.92 Å². The highest BCUT2D eigenvalue weighted by Gasteiger charge is 1.98. The second-order valence-electron chi connectivity index (χ2n) is 4.42. The van der Waals surface area contributed by atoms with E-state index in [0.717, 1.165) is 12.2 Å². The second-order valence-corrected chi connectivity index (χ2v) is 4.42. The number of nitrogens with two attached hydrogens (primary N) is 1. The zero-order valence-electron chi connectivity index (χ0n) is 9.83. The van der Waals surface area contributed by atoms with Crippen LogP contribution in [0, 0.1) is 6.92 Å². The van der Waals surface area contributed by atoms with Gasteiger partial charge in [-0.3, -0.25) is 0 Å². The molecule has 0 heterocycles. The molecule has 0 saturated carbocycles. The zero-order chi connectivity index (χ0) is 11.5. The molecule has 2 aromatic carbocycles. The standard InChI is InChI=1S/C14H18N2/c1-10-3-4-13-8-14(16-9-11(2)15)6-5-12(13)7-10/h3-8,11,16H,9,15H2,1-2H3. The first kappa shape index (κ1) is 11.0. The quantitative estimate of drug-likeness (QED) is 0.824. The van der Waals surface area contributed by atoms with Crippen molar-refractivity contribution in [3.05, 3.63) is 42.0 Å². The fourth-order valence-electron chi connectivity index (χ4n) is 1.75. The maximum atomic E-state index is 5.71. The number of rotatable bonds is 3. The lowest BCUT2D eigenvalue weighted by molar-refractivity contribution is 0.780. The molecule has 1 unspecified atom stereocenters. The minimum absolute atomic E-state index is 0.175. The molecule has 0 spiro atoms. The van der Waals surface area contributed by atoms with Gasteiger partial charge in [0.1, 0.15) is 0 Å². The van der Waals surface area contributed by atoms with Crippen molar-refractivity contribution in [2.24, 2.45) is 5.73 Å². The van der Waals surface area contributed by atoms with E-state index in [0.29, 0.717) is 0 Å². The Bertz CT molecular complexity index is 489. The van der Waals surface area contributed by atoms with Crippen LogP contribution in [0.3, 0.4) is 0 Å². The normalized spacial score (nSPS) is 12.7. The lowest BCUT2D eigenvalue weighted by Gasteiger charge is -2.10. The van der Waals surface area contributed by atoms with Crippen molar-refractivity contribution in [1.82, 2.24) is 0 Å². The summed E-state index contributed by atoms with van der Waals surface area (Å²) in [5.74, 6) is 0. The third-order valence-electron chi connectivity index (χ3n) is 2.62. The molecule has 3 N–H and O–H groups in total. The van der Waals surface area contributed by atoms with Crippen molar-refractivity contribution in [2.45, 2.75) is 19.9 Å². The molecular formula is C14H18N2. The lowest BCUT2D eigenvalue weighted by Crippen LogP contribution is -2.25. The van der Waals surface area contributed by atoms with Crippen molar-refractivity contribution in [3.8, 4) is 0 Å². The summed E-state index contributed by atoms with van der Waals surface area (Å²) in [5, 5.41) is 5.87. The van der Waals surface area contributed by atoms with E-state index in [9.17, 15) is 0 Å². The van der Waals surface area contributed by atoms with Crippen molar-refractivity contribution in [3.63, 3.8) is 0 Å². The molecule has 1 atom stereocenters. The molecule has 0 aliphatic heterocycles. The van der Waals surface area contributed by atoms with Crippen LogP contribution in [0.15, 0.2) is 36.4 Å². The highest BCUT2D eigenvalue weighted by molar-refractivity contribution is 5.86. The predicted octanol–water partition coefficient (Wildman–Crippen LogP) is 2.91. The molecule has 0 bridgehead atoms. The number of fused-ring (bicyclic) bond motifs is 1. The summed E-state index contributed by atoms with van der Waals surface area (Å²) in [5.41, 5.74) is 8.14. The smallest absolute Gasteiger partial charge is 0.0347 e. The van der Waals surface area contributed by atoms with E-state index in [2.05, 4.69) is 48.6 Å². The summed E-state index contributed by atoms with van der Waals surface area (Å²) < 4.78 is 0. The van der Waals surface area contributed by atoms with Gasteiger partial charge in [0.05, 0.1) is 0 Å². The Labute approximate surface area is 96.5 Å². The van der Waals surface area contributed by atoms with Crippen molar-refractivity contribution < 1.29 is 0 Å². The zero-order valence-corrected chi connectivity index (χ0v) is 9.83. The van der Waals surface area contributed by atoms with E-state index in [4.69, 9.17) is 5.73 Å². The number of hydrogen-bond donors (Lipinski definition) is 2. The van der Waals surface area contributed by atoms with Gasteiger partial charge < -0.3 is 11.1 Å². The van der Waals surface area contributed by atoms with Gasteiger partial charge in [0.2, 0.25) is 0 Å². The fraction of sp³-hybridized carbons (Fsp3) is 0.286. The topological polar surface area (TPSA) is 38.0 Å². The Morgan fingerprint density at radius 3 is 2.56 bits per heavy atom. The summed E-state index contributed by atoms with van der Waals surface area (Å²) >= 11 is 0. The van der Waals surface area contributed by atoms with Crippen LogP contribution >= 0.6 is 0 Å². The Morgan fingerprint density at radius 2 is 1.81 bits per heavy atom. The molecule has 2 nitrogen and oxygen atoms in total. The van der Waals surface area contributed by atoms with E-state index < -0.39 is 0 Å². The van der Waals surface area contributed by atoms with Crippen LogP contribution in [0.1, 0.15) is 12.5 Å². The van der Waals surface area contributed by atoms with Crippen LogP contribution in [-0.2, 0) is 0 Å². The first-order valence-electron chi connectivity index (χ1n) is 5.65. The van der Waals surface area contributed by atoms with Gasteiger partial charge in [-0.15, -0.1) is 0 Å². The van der Waals surface area contributed by atoms with Gasteiger partial charge in [-0.25, -0.2) is 0 Å². The van der Waals surface area contributed by atoms with Crippen LogP contribution in [0.5, 0.6) is 0 Å². The fourth-order valence-corrected chi connectivity index (χ4v) is 1.75. The van der Waals surface area contributed by atoms with Gasteiger partial charge in [-0.2, -0.15) is 0 Å². The van der Waals surface area contributed by atoms with Gasteiger partial charge in [-0.1, -0.05) is 29.8 Å². The molecule has 2 heteroatoms. The van der Waals surface area contributed by atoms with Gasteiger partial charge in [0, 0.05) is 18.3 Å². The Balaban J connectivity index is 2.26. The van der Waals surface area contributed by atoms with Crippen LogP contribution in [0.4, 0.5) is 5.69 Å². The average Bonchev–Trinajstić information content (AvgIpc) is 2.26. The van der Waals surface area contributed by atoms with Crippen LogP contribution in [0.2, 0.25) is 0 Å². The number of anilines is 1. The molecule has 0 amide bonds. The van der Waals surface area contributed by atoms with Crippen LogP contribution in [0.25, 0.3) is 10.8 Å². The highest BCUT2D eigenvalue weighted by atomic mass is 14.9. The van der Waals surface area contributed by atoms with Crippen LogP contribution in [-0.4, -0.2) is 12.6 Å². The molecule has 0 aliphatic carbocycles. The number of nitrogens with one attached hydrogen (secondary N) is 1. The summed E-state index contributed by atoms with van der Waals surface area (Å²) in [6.07, 6.45) is 0. The summed E-state index contributed by atoms with van der Waals surface area (Å²) in [6, 6.07) is 13.1. The van der Waals surface area contributed by atoms with Crippen molar-refractivity contribution in [1.29, 1.82) is 0 Å². The minimum atomic E-state index is 0.175. The second kappa shape index (κ2) is 4.54. The molecule has 0 fully saturated rings. The van der Waals surface area contributed by atoms with E-state index in [1.54, 1.807) is 0 Å². The predicted molar refractivity (Wildman–Crippen MR) is 70.8 cm³/mol. The van der Waals surface area contributed by atoms with Crippen molar-refractivity contribution >= 4 is 16.5 Å². The molecular weight excluding hydrogens is 196 g/mol. The van der Waals surface area contributed by atoms with E-state index in [1.165, 1.54) is 16.3 Å². The monoisotopic (exact) mass is 214 g/mol. The number of aryl methyl sites for hydroxylation is 1. The molecule has 0 saturated heterocycles. The lowest BCUT2D eigenvalue weighted by atomic mass is 10.1.